The molecule has 1 aliphatic rings. The summed E-state index contributed by atoms with van der Waals surface area (Å²) in [5, 5.41) is 10.2. The predicted octanol–water partition coefficient (Wildman–Crippen LogP) is 2.79. The monoisotopic (exact) mass is 280 g/mol. The Labute approximate surface area is 119 Å². The van der Waals surface area contributed by atoms with Crippen molar-refractivity contribution < 1.29 is 9.84 Å². The van der Waals surface area contributed by atoms with Crippen LogP contribution in [0.5, 0.6) is 5.88 Å². The second-order valence-corrected chi connectivity index (χ2v) is 5.65. The maximum atomic E-state index is 12.3. The van der Waals surface area contributed by atoms with E-state index in [1.165, 1.54) is 0 Å². The second kappa shape index (κ2) is 5.95. The summed E-state index contributed by atoms with van der Waals surface area (Å²) in [7, 11) is 0. The van der Waals surface area contributed by atoms with E-state index in [9.17, 15) is 9.90 Å². The van der Waals surface area contributed by atoms with Gasteiger partial charge in [0, 0.05) is 6.61 Å². The van der Waals surface area contributed by atoms with Crippen LogP contribution in [0.3, 0.4) is 0 Å². The maximum absolute atomic E-state index is 12.3. The molecule has 1 aromatic rings. The van der Waals surface area contributed by atoms with E-state index in [0.717, 1.165) is 25.7 Å². The number of hydrogen-bond acceptors (Lipinski definition) is 4. The van der Waals surface area contributed by atoms with Crippen LogP contribution in [0.25, 0.3) is 0 Å². The quantitative estimate of drug-likeness (QED) is 0.869. The third-order valence-corrected chi connectivity index (χ3v) is 4.34. The third-order valence-electron chi connectivity index (χ3n) is 4.34. The lowest BCUT2D eigenvalue weighted by Crippen LogP contribution is -2.31. The standard InChI is InChI=1S/C15H24N2O3/c1-4-15(3,20-5-2)14-16-12(18)11(13(19)17-14)10-8-6-7-9-10/h10H,4-9H2,1-3H3,(H2,16,17,18,19). The van der Waals surface area contributed by atoms with Gasteiger partial charge in [0.15, 0.2) is 0 Å². The molecule has 0 aliphatic heterocycles. The summed E-state index contributed by atoms with van der Waals surface area (Å²) in [5.41, 5.74) is -0.445. The number of rotatable bonds is 5. The fourth-order valence-electron chi connectivity index (χ4n) is 2.96. The largest absolute Gasteiger partial charge is 0.493 e. The third kappa shape index (κ3) is 2.73. The summed E-state index contributed by atoms with van der Waals surface area (Å²) >= 11 is 0. The van der Waals surface area contributed by atoms with Crippen LogP contribution in [0.2, 0.25) is 0 Å². The van der Waals surface area contributed by atoms with Crippen LogP contribution in [0.1, 0.15) is 70.2 Å². The number of nitrogens with zero attached hydrogens (tertiary/aromatic N) is 1. The Morgan fingerprint density at radius 2 is 2.05 bits per heavy atom. The van der Waals surface area contributed by atoms with Gasteiger partial charge in [0.1, 0.15) is 11.4 Å². The molecule has 0 radical (unpaired) electrons. The number of ether oxygens (including phenoxy) is 1. The number of aromatic amines is 1. The van der Waals surface area contributed by atoms with Crippen LogP contribution in [-0.2, 0) is 10.3 Å². The molecule has 112 valence electrons. The van der Waals surface area contributed by atoms with Crippen molar-refractivity contribution in [3.63, 3.8) is 0 Å². The van der Waals surface area contributed by atoms with E-state index >= 15 is 0 Å². The molecule has 0 amide bonds. The van der Waals surface area contributed by atoms with Crippen molar-refractivity contribution in [3.05, 3.63) is 21.7 Å². The second-order valence-electron chi connectivity index (χ2n) is 5.65. The topological polar surface area (TPSA) is 75.2 Å². The summed E-state index contributed by atoms with van der Waals surface area (Å²) in [6, 6.07) is 0. The SMILES string of the molecule is CCOC(C)(CC)c1nc(O)c(C2CCCC2)c(=O)[nH]1. The Hall–Kier alpha value is -1.36. The van der Waals surface area contributed by atoms with E-state index in [4.69, 9.17) is 4.74 Å². The highest BCUT2D eigenvalue weighted by molar-refractivity contribution is 5.28. The Morgan fingerprint density at radius 3 is 2.55 bits per heavy atom. The molecule has 20 heavy (non-hydrogen) atoms. The summed E-state index contributed by atoms with van der Waals surface area (Å²) in [6.07, 6.45) is 4.79. The number of aromatic hydroxyl groups is 1. The lowest BCUT2D eigenvalue weighted by atomic mass is 9.98. The smallest absolute Gasteiger partial charge is 0.258 e. The average Bonchev–Trinajstić information content (AvgIpc) is 2.91. The zero-order valence-electron chi connectivity index (χ0n) is 12.5. The first-order chi connectivity index (χ1) is 9.51. The molecule has 1 saturated carbocycles. The van der Waals surface area contributed by atoms with Gasteiger partial charge in [-0.1, -0.05) is 19.8 Å². The molecule has 0 aromatic carbocycles. The Kier molecular flexibility index (Phi) is 4.48. The lowest BCUT2D eigenvalue weighted by Gasteiger charge is -2.27. The summed E-state index contributed by atoms with van der Waals surface area (Å²) in [5.74, 6) is 0.418. The van der Waals surface area contributed by atoms with E-state index in [-0.39, 0.29) is 17.4 Å². The van der Waals surface area contributed by atoms with Gasteiger partial charge < -0.3 is 14.8 Å². The van der Waals surface area contributed by atoms with E-state index in [2.05, 4.69) is 9.97 Å². The van der Waals surface area contributed by atoms with Gasteiger partial charge in [0.05, 0.1) is 5.56 Å². The van der Waals surface area contributed by atoms with E-state index in [1.54, 1.807) is 0 Å². The van der Waals surface area contributed by atoms with Gasteiger partial charge in [0.25, 0.3) is 5.56 Å². The van der Waals surface area contributed by atoms with Gasteiger partial charge in [-0.2, -0.15) is 4.98 Å². The minimum atomic E-state index is -0.667. The van der Waals surface area contributed by atoms with E-state index < -0.39 is 5.60 Å². The van der Waals surface area contributed by atoms with Crippen LogP contribution < -0.4 is 5.56 Å². The summed E-state index contributed by atoms with van der Waals surface area (Å²) in [4.78, 5) is 19.3. The van der Waals surface area contributed by atoms with Crippen LogP contribution in [-0.4, -0.2) is 21.7 Å². The number of H-pyrrole nitrogens is 1. The number of aromatic nitrogens is 2. The molecule has 5 heteroatoms. The van der Waals surface area contributed by atoms with E-state index in [0.29, 0.717) is 24.4 Å². The fourth-order valence-corrected chi connectivity index (χ4v) is 2.96. The molecule has 0 spiro atoms. The Balaban J connectivity index is 2.41. The van der Waals surface area contributed by atoms with Gasteiger partial charge in [-0.3, -0.25) is 4.79 Å². The Morgan fingerprint density at radius 1 is 1.40 bits per heavy atom. The zero-order valence-corrected chi connectivity index (χ0v) is 12.5. The van der Waals surface area contributed by atoms with Gasteiger partial charge in [-0.25, -0.2) is 0 Å². The van der Waals surface area contributed by atoms with Crippen molar-refractivity contribution in [2.75, 3.05) is 6.61 Å². The van der Waals surface area contributed by atoms with Crippen LogP contribution >= 0.6 is 0 Å². The molecule has 2 N–H and O–H groups in total. The Bertz CT molecular complexity index is 520. The molecule has 2 rings (SSSR count). The average molecular weight is 280 g/mol. The molecular formula is C15H24N2O3. The lowest BCUT2D eigenvalue weighted by molar-refractivity contribution is -0.0396. The zero-order chi connectivity index (χ0) is 14.8. The molecule has 0 bridgehead atoms. The predicted molar refractivity (Wildman–Crippen MR) is 77.0 cm³/mol. The van der Waals surface area contributed by atoms with Crippen molar-refractivity contribution in [1.29, 1.82) is 0 Å². The van der Waals surface area contributed by atoms with Gasteiger partial charge in [0.2, 0.25) is 5.88 Å². The molecule has 1 heterocycles. The molecule has 1 atom stereocenters. The molecule has 1 aromatic heterocycles. The normalized spacial score (nSPS) is 19.1. The highest BCUT2D eigenvalue weighted by atomic mass is 16.5. The molecular weight excluding hydrogens is 256 g/mol. The van der Waals surface area contributed by atoms with Crippen molar-refractivity contribution >= 4 is 0 Å². The molecule has 5 nitrogen and oxygen atoms in total. The van der Waals surface area contributed by atoms with Crippen molar-refractivity contribution in [1.82, 2.24) is 9.97 Å². The first-order valence-electron chi connectivity index (χ1n) is 7.49. The first-order valence-corrected chi connectivity index (χ1v) is 7.49. The minimum Gasteiger partial charge on any atom is -0.493 e. The van der Waals surface area contributed by atoms with Gasteiger partial charge in [-0.05, 0) is 39.0 Å². The van der Waals surface area contributed by atoms with Crippen molar-refractivity contribution in [2.45, 2.75) is 64.4 Å². The van der Waals surface area contributed by atoms with Gasteiger partial charge in [-0.15, -0.1) is 0 Å². The molecule has 1 aliphatic carbocycles. The number of nitrogens with one attached hydrogen (secondary N) is 1. The summed E-state index contributed by atoms with van der Waals surface area (Å²) in [6.45, 7) is 6.28. The maximum Gasteiger partial charge on any atom is 0.258 e. The molecule has 0 saturated heterocycles. The highest BCUT2D eigenvalue weighted by Crippen LogP contribution is 2.36. The molecule has 1 unspecified atom stereocenters. The fraction of sp³-hybridized carbons (Fsp3) is 0.733. The van der Waals surface area contributed by atoms with E-state index in [1.807, 2.05) is 20.8 Å². The first kappa shape index (κ1) is 15.0. The molecule has 1 fully saturated rings. The van der Waals surface area contributed by atoms with Crippen LogP contribution in [0.15, 0.2) is 4.79 Å². The van der Waals surface area contributed by atoms with Crippen molar-refractivity contribution in [3.8, 4) is 5.88 Å². The van der Waals surface area contributed by atoms with Gasteiger partial charge >= 0.3 is 0 Å². The van der Waals surface area contributed by atoms with Crippen LogP contribution in [0.4, 0.5) is 0 Å². The highest BCUT2D eigenvalue weighted by Gasteiger charge is 2.31. The minimum absolute atomic E-state index is 0.130. The van der Waals surface area contributed by atoms with Crippen molar-refractivity contribution in [2.24, 2.45) is 0 Å². The summed E-state index contributed by atoms with van der Waals surface area (Å²) < 4.78 is 5.70. The number of hydrogen-bond donors (Lipinski definition) is 2. The van der Waals surface area contributed by atoms with Crippen LogP contribution in [0, 0.1) is 0 Å².